The van der Waals surface area contributed by atoms with Crippen LogP contribution in [0.1, 0.15) is 6.92 Å². The second kappa shape index (κ2) is 7.92. The van der Waals surface area contributed by atoms with Gasteiger partial charge in [-0.25, -0.2) is 0 Å². The lowest BCUT2D eigenvalue weighted by Crippen LogP contribution is -2.28. The Labute approximate surface area is 107 Å². The van der Waals surface area contributed by atoms with Crippen molar-refractivity contribution in [2.45, 2.75) is 11.8 Å². The highest BCUT2D eigenvalue weighted by molar-refractivity contribution is 7.99. The lowest BCUT2D eigenvalue weighted by molar-refractivity contribution is -0.115. The molecule has 0 aliphatic heterocycles. The normalized spacial score (nSPS) is 9.94. The third kappa shape index (κ3) is 5.06. The molecule has 0 saturated heterocycles. The molecule has 3 nitrogen and oxygen atoms in total. The van der Waals surface area contributed by atoms with E-state index in [9.17, 15) is 4.79 Å². The Morgan fingerprint density at radius 1 is 1.47 bits per heavy atom. The Morgan fingerprint density at radius 2 is 2.24 bits per heavy atom. The van der Waals surface area contributed by atoms with Crippen LogP contribution in [0.4, 0.5) is 5.69 Å². The molecule has 0 unspecified atom stereocenters. The van der Waals surface area contributed by atoms with Gasteiger partial charge in [-0.2, -0.15) is 0 Å². The van der Waals surface area contributed by atoms with E-state index < -0.39 is 0 Å². The minimum absolute atomic E-state index is 0.0315. The Balaban J connectivity index is 2.54. The van der Waals surface area contributed by atoms with Crippen molar-refractivity contribution in [3.05, 3.63) is 36.9 Å². The molecule has 0 bridgehead atoms. The first-order valence-corrected chi connectivity index (χ1v) is 6.59. The first-order chi connectivity index (χ1) is 8.27. The monoisotopic (exact) mass is 250 g/mol. The van der Waals surface area contributed by atoms with E-state index in [1.165, 1.54) is 0 Å². The van der Waals surface area contributed by atoms with Crippen LogP contribution in [-0.2, 0) is 4.79 Å². The van der Waals surface area contributed by atoms with Crippen molar-refractivity contribution in [3.8, 4) is 0 Å². The van der Waals surface area contributed by atoms with Gasteiger partial charge in [-0.1, -0.05) is 25.1 Å². The van der Waals surface area contributed by atoms with E-state index in [2.05, 4.69) is 24.1 Å². The van der Waals surface area contributed by atoms with Gasteiger partial charge in [0.1, 0.15) is 0 Å². The van der Waals surface area contributed by atoms with Gasteiger partial charge in [0, 0.05) is 11.4 Å². The molecular formula is C13H18N2OS. The second-order valence-corrected chi connectivity index (χ2v) is 4.70. The molecule has 0 spiro atoms. The van der Waals surface area contributed by atoms with Gasteiger partial charge in [0.15, 0.2) is 0 Å². The Kier molecular flexibility index (Phi) is 6.43. The van der Waals surface area contributed by atoms with Crippen molar-refractivity contribution in [2.24, 2.45) is 0 Å². The summed E-state index contributed by atoms with van der Waals surface area (Å²) in [5.41, 5.74) is 0.879. The average molecular weight is 250 g/mol. The zero-order valence-corrected chi connectivity index (χ0v) is 10.8. The first kappa shape index (κ1) is 13.8. The van der Waals surface area contributed by atoms with Crippen LogP contribution in [0.25, 0.3) is 0 Å². The van der Waals surface area contributed by atoms with E-state index in [0.717, 1.165) is 16.3 Å². The van der Waals surface area contributed by atoms with Gasteiger partial charge in [0.05, 0.1) is 12.2 Å². The molecule has 0 aromatic heterocycles. The Hall–Kier alpha value is -1.26. The van der Waals surface area contributed by atoms with Crippen molar-refractivity contribution in [2.75, 3.05) is 24.2 Å². The largest absolute Gasteiger partial charge is 0.324 e. The number of hydrogen-bond donors (Lipinski definition) is 2. The number of thioether (sulfide) groups is 1. The predicted molar refractivity (Wildman–Crippen MR) is 74.5 cm³/mol. The summed E-state index contributed by atoms with van der Waals surface area (Å²) in [6, 6.07) is 7.83. The third-order valence-electron chi connectivity index (χ3n) is 2.04. The van der Waals surface area contributed by atoms with Crippen molar-refractivity contribution in [3.63, 3.8) is 0 Å². The maximum atomic E-state index is 11.6. The molecule has 0 saturated carbocycles. The summed E-state index contributed by atoms with van der Waals surface area (Å²) >= 11 is 1.72. The van der Waals surface area contributed by atoms with Gasteiger partial charge < -0.3 is 10.6 Å². The summed E-state index contributed by atoms with van der Waals surface area (Å²) in [6.45, 7) is 6.62. The molecule has 2 N–H and O–H groups in total. The molecule has 0 aliphatic rings. The fourth-order valence-corrected chi connectivity index (χ4v) is 2.09. The van der Waals surface area contributed by atoms with E-state index in [-0.39, 0.29) is 5.91 Å². The number of anilines is 1. The van der Waals surface area contributed by atoms with Crippen molar-refractivity contribution >= 4 is 23.4 Å². The van der Waals surface area contributed by atoms with Gasteiger partial charge in [-0.15, -0.1) is 18.3 Å². The number of nitrogens with one attached hydrogen (secondary N) is 2. The van der Waals surface area contributed by atoms with Crippen LogP contribution in [0.2, 0.25) is 0 Å². The first-order valence-electron chi connectivity index (χ1n) is 5.61. The van der Waals surface area contributed by atoms with Gasteiger partial charge in [-0.05, 0) is 17.9 Å². The van der Waals surface area contributed by atoms with Crippen LogP contribution in [0.5, 0.6) is 0 Å². The molecule has 1 rings (SSSR count). The Bertz CT molecular complexity index is 379. The third-order valence-corrected chi connectivity index (χ3v) is 2.99. The van der Waals surface area contributed by atoms with Gasteiger partial charge in [0.2, 0.25) is 5.91 Å². The summed E-state index contributed by atoms with van der Waals surface area (Å²) in [4.78, 5) is 12.7. The fraction of sp³-hybridized carbons (Fsp3) is 0.308. The van der Waals surface area contributed by atoms with E-state index in [4.69, 9.17) is 0 Å². The number of para-hydroxylation sites is 1. The van der Waals surface area contributed by atoms with Crippen LogP contribution >= 0.6 is 11.8 Å². The number of carbonyl (C=O) groups is 1. The molecule has 4 heteroatoms. The number of rotatable bonds is 7. The summed E-state index contributed by atoms with van der Waals surface area (Å²) in [6.07, 6.45) is 1.73. The topological polar surface area (TPSA) is 41.1 Å². The van der Waals surface area contributed by atoms with Crippen molar-refractivity contribution < 1.29 is 4.79 Å². The summed E-state index contributed by atoms with van der Waals surface area (Å²) in [5.74, 6) is 0.956. The molecule has 17 heavy (non-hydrogen) atoms. The van der Waals surface area contributed by atoms with Gasteiger partial charge >= 0.3 is 0 Å². The standard InChI is InChI=1S/C13H18N2OS/c1-3-9-14-10-13(16)15-11-7-5-6-8-12(11)17-4-2/h3,5-8,14H,1,4,9-10H2,2H3,(H,15,16). The maximum Gasteiger partial charge on any atom is 0.238 e. The van der Waals surface area contributed by atoms with Gasteiger partial charge in [0.25, 0.3) is 0 Å². The predicted octanol–water partition coefficient (Wildman–Crippen LogP) is 2.51. The molecule has 0 aliphatic carbocycles. The van der Waals surface area contributed by atoms with Crippen LogP contribution < -0.4 is 10.6 Å². The lowest BCUT2D eigenvalue weighted by atomic mass is 10.3. The molecule has 1 amide bonds. The number of amides is 1. The van der Waals surface area contributed by atoms with Crippen LogP contribution in [0.3, 0.4) is 0 Å². The highest BCUT2D eigenvalue weighted by Gasteiger charge is 2.05. The van der Waals surface area contributed by atoms with Crippen LogP contribution in [0.15, 0.2) is 41.8 Å². The van der Waals surface area contributed by atoms with Gasteiger partial charge in [-0.3, -0.25) is 4.79 Å². The molecule has 0 fully saturated rings. The van der Waals surface area contributed by atoms with E-state index >= 15 is 0 Å². The minimum Gasteiger partial charge on any atom is -0.324 e. The zero-order valence-electron chi connectivity index (χ0n) is 10.0. The second-order valence-electron chi connectivity index (χ2n) is 3.40. The van der Waals surface area contributed by atoms with Crippen molar-refractivity contribution in [1.29, 1.82) is 0 Å². The number of benzene rings is 1. The maximum absolute atomic E-state index is 11.6. The molecule has 0 heterocycles. The number of carbonyl (C=O) groups excluding carboxylic acids is 1. The van der Waals surface area contributed by atoms with E-state index in [1.807, 2.05) is 24.3 Å². The highest BCUT2D eigenvalue weighted by atomic mass is 32.2. The molecule has 1 aromatic carbocycles. The number of hydrogen-bond acceptors (Lipinski definition) is 3. The highest BCUT2D eigenvalue weighted by Crippen LogP contribution is 2.26. The molecule has 0 radical (unpaired) electrons. The Morgan fingerprint density at radius 3 is 2.94 bits per heavy atom. The molecule has 0 atom stereocenters. The molecule has 92 valence electrons. The van der Waals surface area contributed by atoms with Crippen LogP contribution in [0, 0.1) is 0 Å². The fourth-order valence-electron chi connectivity index (χ4n) is 1.33. The summed E-state index contributed by atoms with van der Waals surface area (Å²) < 4.78 is 0. The molecular weight excluding hydrogens is 232 g/mol. The average Bonchev–Trinajstić information content (AvgIpc) is 2.32. The zero-order chi connectivity index (χ0) is 12.5. The minimum atomic E-state index is -0.0315. The van der Waals surface area contributed by atoms with E-state index in [1.54, 1.807) is 17.8 Å². The van der Waals surface area contributed by atoms with E-state index in [0.29, 0.717) is 13.1 Å². The molecule has 1 aromatic rings. The summed E-state index contributed by atoms with van der Waals surface area (Å²) in [7, 11) is 0. The summed E-state index contributed by atoms with van der Waals surface area (Å²) in [5, 5.41) is 5.87. The lowest BCUT2D eigenvalue weighted by Gasteiger charge is -2.10. The quantitative estimate of drug-likeness (QED) is 0.444. The smallest absolute Gasteiger partial charge is 0.238 e. The van der Waals surface area contributed by atoms with Crippen molar-refractivity contribution in [1.82, 2.24) is 5.32 Å². The SMILES string of the molecule is C=CCNCC(=O)Nc1ccccc1SCC. The van der Waals surface area contributed by atoms with Crippen LogP contribution in [-0.4, -0.2) is 24.7 Å².